The molecule has 0 aromatic heterocycles. The topological polar surface area (TPSA) is 21.7 Å². The van der Waals surface area contributed by atoms with Crippen LogP contribution in [-0.4, -0.2) is 36.3 Å². The van der Waals surface area contributed by atoms with Gasteiger partial charge in [0, 0.05) is 6.54 Å². The predicted molar refractivity (Wildman–Crippen MR) is 100 cm³/mol. The Hall–Kier alpha value is -0.835. The zero-order valence-electron chi connectivity index (χ0n) is 16.2. The minimum absolute atomic E-state index is 0.264. The van der Waals surface area contributed by atoms with Crippen LogP contribution in [0.25, 0.3) is 0 Å². The SMILES string of the molecule is CC1(C)CCN(Cc2ccc(B3OC(C)(C)C(C)(C)O3)cc2)CC1. The van der Waals surface area contributed by atoms with Crippen molar-refractivity contribution in [2.75, 3.05) is 13.1 Å². The Labute approximate surface area is 147 Å². The molecular weight excluding hydrogens is 297 g/mol. The highest BCUT2D eigenvalue weighted by atomic mass is 16.7. The van der Waals surface area contributed by atoms with Gasteiger partial charge in [0.15, 0.2) is 0 Å². The molecule has 24 heavy (non-hydrogen) atoms. The predicted octanol–water partition coefficient (Wildman–Crippen LogP) is 3.61. The molecule has 0 saturated carbocycles. The maximum absolute atomic E-state index is 6.13. The molecule has 0 bridgehead atoms. The van der Waals surface area contributed by atoms with E-state index in [-0.39, 0.29) is 18.3 Å². The number of rotatable bonds is 3. The number of piperidine rings is 1. The Kier molecular flexibility index (Phi) is 4.61. The van der Waals surface area contributed by atoms with Crippen LogP contribution in [0.15, 0.2) is 24.3 Å². The Morgan fingerprint density at radius 3 is 1.88 bits per heavy atom. The molecule has 2 aliphatic rings. The van der Waals surface area contributed by atoms with Gasteiger partial charge in [-0.1, -0.05) is 38.1 Å². The summed E-state index contributed by atoms with van der Waals surface area (Å²) >= 11 is 0. The fourth-order valence-electron chi connectivity index (χ4n) is 3.33. The van der Waals surface area contributed by atoms with Gasteiger partial charge >= 0.3 is 7.12 Å². The fraction of sp³-hybridized carbons (Fsp3) is 0.700. The van der Waals surface area contributed by atoms with Crippen LogP contribution in [0.5, 0.6) is 0 Å². The monoisotopic (exact) mass is 329 g/mol. The van der Waals surface area contributed by atoms with Crippen molar-refractivity contribution in [1.29, 1.82) is 0 Å². The summed E-state index contributed by atoms with van der Waals surface area (Å²) < 4.78 is 12.3. The van der Waals surface area contributed by atoms with E-state index in [1.165, 1.54) is 31.5 Å². The molecule has 3 rings (SSSR count). The number of benzene rings is 1. The quantitative estimate of drug-likeness (QED) is 0.791. The van der Waals surface area contributed by atoms with Crippen LogP contribution in [0.2, 0.25) is 0 Å². The van der Waals surface area contributed by atoms with E-state index in [2.05, 4.69) is 70.7 Å². The average molecular weight is 329 g/mol. The summed E-state index contributed by atoms with van der Waals surface area (Å²) in [6, 6.07) is 8.76. The minimum atomic E-state index is -0.281. The molecular formula is C20H32BNO2. The van der Waals surface area contributed by atoms with Gasteiger partial charge in [0.2, 0.25) is 0 Å². The third-order valence-corrected chi connectivity index (χ3v) is 6.12. The molecule has 2 aliphatic heterocycles. The summed E-state index contributed by atoms with van der Waals surface area (Å²) in [5.74, 6) is 0. The Balaban J connectivity index is 1.61. The minimum Gasteiger partial charge on any atom is -0.399 e. The van der Waals surface area contributed by atoms with Gasteiger partial charge < -0.3 is 9.31 Å². The van der Waals surface area contributed by atoms with Crippen molar-refractivity contribution in [3.63, 3.8) is 0 Å². The normalized spacial score (nSPS) is 25.8. The fourth-order valence-corrected chi connectivity index (χ4v) is 3.33. The molecule has 132 valence electrons. The molecule has 3 nitrogen and oxygen atoms in total. The maximum Gasteiger partial charge on any atom is 0.494 e. The standard InChI is InChI=1S/C20H32BNO2/c1-18(2)11-13-22(14-12-18)15-16-7-9-17(10-8-16)21-23-19(3,4)20(5,6)24-21/h7-10H,11-15H2,1-6H3. The molecule has 0 atom stereocenters. The van der Waals surface area contributed by atoms with Crippen LogP contribution in [0.3, 0.4) is 0 Å². The van der Waals surface area contributed by atoms with E-state index >= 15 is 0 Å². The van der Waals surface area contributed by atoms with E-state index < -0.39 is 0 Å². The molecule has 0 amide bonds. The van der Waals surface area contributed by atoms with Crippen LogP contribution in [0.1, 0.15) is 59.9 Å². The van der Waals surface area contributed by atoms with E-state index in [4.69, 9.17) is 9.31 Å². The third-order valence-electron chi connectivity index (χ3n) is 6.12. The number of likely N-dealkylation sites (tertiary alicyclic amines) is 1. The molecule has 2 fully saturated rings. The van der Waals surface area contributed by atoms with E-state index in [1.807, 2.05) is 0 Å². The van der Waals surface area contributed by atoms with Crippen LogP contribution >= 0.6 is 0 Å². The van der Waals surface area contributed by atoms with Crippen molar-refractivity contribution in [3.05, 3.63) is 29.8 Å². The van der Waals surface area contributed by atoms with Gasteiger partial charge in [-0.15, -0.1) is 0 Å². The van der Waals surface area contributed by atoms with E-state index in [0.29, 0.717) is 5.41 Å². The molecule has 0 spiro atoms. The third kappa shape index (κ3) is 3.71. The maximum atomic E-state index is 6.13. The number of hydrogen-bond donors (Lipinski definition) is 0. The molecule has 4 heteroatoms. The van der Waals surface area contributed by atoms with Gasteiger partial charge in [0.05, 0.1) is 11.2 Å². The van der Waals surface area contributed by atoms with Crippen LogP contribution < -0.4 is 5.46 Å². The number of nitrogens with zero attached hydrogens (tertiary/aromatic N) is 1. The van der Waals surface area contributed by atoms with Gasteiger partial charge in [0.25, 0.3) is 0 Å². The first-order chi connectivity index (χ1) is 11.1. The summed E-state index contributed by atoms with van der Waals surface area (Å²) in [5.41, 5.74) is 2.43. The van der Waals surface area contributed by atoms with E-state index in [1.54, 1.807) is 0 Å². The van der Waals surface area contributed by atoms with Gasteiger partial charge in [-0.25, -0.2) is 0 Å². The lowest BCUT2D eigenvalue weighted by Gasteiger charge is -2.36. The van der Waals surface area contributed by atoms with E-state index in [0.717, 1.165) is 12.0 Å². The molecule has 0 aliphatic carbocycles. The first-order valence-electron chi connectivity index (χ1n) is 9.25. The lowest BCUT2D eigenvalue weighted by molar-refractivity contribution is 0.00578. The van der Waals surface area contributed by atoms with Crippen molar-refractivity contribution in [3.8, 4) is 0 Å². The zero-order chi connectivity index (χ0) is 17.6. The van der Waals surface area contributed by atoms with Gasteiger partial charge in [0.1, 0.15) is 0 Å². The summed E-state index contributed by atoms with van der Waals surface area (Å²) in [5, 5.41) is 0. The van der Waals surface area contributed by atoms with Crippen molar-refractivity contribution in [2.45, 2.75) is 72.1 Å². The highest BCUT2D eigenvalue weighted by Gasteiger charge is 2.51. The van der Waals surface area contributed by atoms with Gasteiger partial charge in [-0.3, -0.25) is 4.90 Å². The van der Waals surface area contributed by atoms with Crippen molar-refractivity contribution in [2.24, 2.45) is 5.41 Å². The Morgan fingerprint density at radius 2 is 1.38 bits per heavy atom. The Bertz CT molecular complexity index is 554. The highest BCUT2D eigenvalue weighted by Crippen LogP contribution is 2.36. The molecule has 2 saturated heterocycles. The molecule has 2 heterocycles. The highest BCUT2D eigenvalue weighted by molar-refractivity contribution is 6.62. The first-order valence-corrected chi connectivity index (χ1v) is 9.25. The van der Waals surface area contributed by atoms with Crippen LogP contribution in [-0.2, 0) is 15.9 Å². The van der Waals surface area contributed by atoms with Crippen LogP contribution in [0.4, 0.5) is 0 Å². The van der Waals surface area contributed by atoms with E-state index in [9.17, 15) is 0 Å². The smallest absolute Gasteiger partial charge is 0.399 e. The molecule has 0 N–H and O–H groups in total. The van der Waals surface area contributed by atoms with Gasteiger partial charge in [-0.2, -0.15) is 0 Å². The second-order valence-corrected chi connectivity index (χ2v) is 9.27. The van der Waals surface area contributed by atoms with Crippen molar-refractivity contribution in [1.82, 2.24) is 4.90 Å². The number of hydrogen-bond acceptors (Lipinski definition) is 3. The second kappa shape index (κ2) is 6.15. The largest absolute Gasteiger partial charge is 0.494 e. The summed E-state index contributed by atoms with van der Waals surface area (Å²) in [6.07, 6.45) is 2.58. The molecule has 0 radical (unpaired) electrons. The first kappa shape index (κ1) is 18.0. The lowest BCUT2D eigenvalue weighted by atomic mass is 9.79. The molecule has 1 aromatic rings. The summed E-state index contributed by atoms with van der Waals surface area (Å²) in [4.78, 5) is 2.56. The van der Waals surface area contributed by atoms with Crippen molar-refractivity contribution < 1.29 is 9.31 Å². The van der Waals surface area contributed by atoms with Gasteiger partial charge in [-0.05, 0) is 70.1 Å². The van der Waals surface area contributed by atoms with Crippen molar-refractivity contribution >= 4 is 12.6 Å². The Morgan fingerprint density at radius 1 is 0.875 bits per heavy atom. The average Bonchev–Trinajstić information content (AvgIpc) is 2.70. The molecule has 0 unspecified atom stereocenters. The summed E-state index contributed by atoms with van der Waals surface area (Å²) in [6.45, 7) is 16.6. The molecule has 1 aromatic carbocycles. The zero-order valence-corrected chi connectivity index (χ0v) is 16.2. The second-order valence-electron chi connectivity index (χ2n) is 9.27. The van der Waals surface area contributed by atoms with Crippen LogP contribution in [0, 0.1) is 5.41 Å². The lowest BCUT2D eigenvalue weighted by Crippen LogP contribution is -2.41. The summed E-state index contributed by atoms with van der Waals surface area (Å²) in [7, 11) is -0.264.